The molecular weight excluding hydrogens is 284 g/mol. The molecule has 0 amide bonds. The molecule has 2 atom stereocenters. The number of halogens is 2. The summed E-state index contributed by atoms with van der Waals surface area (Å²) >= 11 is 0. The van der Waals surface area contributed by atoms with Gasteiger partial charge in [-0.3, -0.25) is 0 Å². The van der Waals surface area contributed by atoms with Crippen LogP contribution in [0, 0.1) is 5.92 Å². The third kappa shape index (κ3) is 3.55. The maximum Gasteiger partial charge on any atom is 0.341 e. The quantitative estimate of drug-likeness (QED) is 0.878. The highest BCUT2D eigenvalue weighted by Gasteiger charge is 2.27. The molecule has 0 fully saturated rings. The molecule has 0 bridgehead atoms. The van der Waals surface area contributed by atoms with Crippen LogP contribution in [0.1, 0.15) is 32.3 Å². The summed E-state index contributed by atoms with van der Waals surface area (Å²) in [6.45, 7) is 6.18. The number of benzene rings is 1. The van der Waals surface area contributed by atoms with Crippen molar-refractivity contribution in [1.82, 2.24) is 5.32 Å². The predicted molar refractivity (Wildman–Crippen MR) is 75.7 cm³/mol. The van der Waals surface area contributed by atoms with Crippen LogP contribution in [0.5, 0.6) is 0 Å². The average molecular weight is 305 g/mol. The van der Waals surface area contributed by atoms with Crippen molar-refractivity contribution in [1.29, 1.82) is 0 Å². The van der Waals surface area contributed by atoms with E-state index in [0.29, 0.717) is 5.92 Å². The average Bonchev–Trinajstić information content (AvgIpc) is 2.38. The zero-order chi connectivity index (χ0) is 15.5. The molecule has 0 aliphatic carbocycles. The number of sulfone groups is 1. The Labute approximate surface area is 119 Å². The fraction of sp³-hybridized carbons (Fsp3) is 0.571. The van der Waals surface area contributed by atoms with Gasteiger partial charge in [0.2, 0.25) is 9.84 Å². The molecular formula is C14H21F2NO2S. The predicted octanol–water partition coefficient (Wildman–Crippen LogP) is 3.03. The van der Waals surface area contributed by atoms with Gasteiger partial charge >= 0.3 is 5.76 Å². The minimum atomic E-state index is -4.51. The van der Waals surface area contributed by atoms with Gasteiger partial charge in [-0.2, -0.15) is 8.78 Å². The van der Waals surface area contributed by atoms with E-state index >= 15 is 0 Å². The summed E-state index contributed by atoms with van der Waals surface area (Å²) in [6, 6.07) is 5.96. The fourth-order valence-corrected chi connectivity index (χ4v) is 3.13. The molecule has 0 saturated carbocycles. The molecule has 6 heteroatoms. The van der Waals surface area contributed by atoms with Gasteiger partial charge < -0.3 is 5.32 Å². The monoisotopic (exact) mass is 305 g/mol. The summed E-state index contributed by atoms with van der Waals surface area (Å²) in [5.41, 5.74) is 0.940. The van der Waals surface area contributed by atoms with Gasteiger partial charge in [-0.05, 0) is 37.6 Å². The van der Waals surface area contributed by atoms with Crippen molar-refractivity contribution in [3.05, 3.63) is 29.8 Å². The number of rotatable bonds is 6. The lowest BCUT2D eigenvalue weighted by Gasteiger charge is -2.27. The minimum Gasteiger partial charge on any atom is -0.317 e. The van der Waals surface area contributed by atoms with E-state index in [9.17, 15) is 17.2 Å². The lowest BCUT2D eigenvalue weighted by molar-refractivity contribution is 0.234. The maximum absolute atomic E-state index is 12.5. The second-order valence-electron chi connectivity index (χ2n) is 5.22. The first-order valence-electron chi connectivity index (χ1n) is 6.51. The summed E-state index contributed by atoms with van der Waals surface area (Å²) in [5.74, 6) is -2.86. The van der Waals surface area contributed by atoms with Crippen LogP contribution in [0.3, 0.4) is 0 Å². The number of nitrogens with one attached hydrogen (secondary N) is 1. The molecule has 0 radical (unpaired) electrons. The zero-order valence-corrected chi connectivity index (χ0v) is 12.9. The third-order valence-electron chi connectivity index (χ3n) is 3.54. The molecule has 20 heavy (non-hydrogen) atoms. The Morgan fingerprint density at radius 3 is 1.90 bits per heavy atom. The molecule has 3 nitrogen and oxygen atoms in total. The minimum absolute atomic E-state index is 0.184. The standard InChI is InChI=1S/C14H21F2NO2S/c1-9(2)13(10(3)17-4)11-5-7-12(8-6-11)20(18,19)14(15)16/h5-10,13-14,17H,1-4H3. The molecule has 1 N–H and O–H groups in total. The molecule has 0 aliphatic rings. The first-order chi connectivity index (χ1) is 9.21. The second kappa shape index (κ2) is 6.63. The van der Waals surface area contributed by atoms with Gasteiger partial charge in [-0.1, -0.05) is 26.0 Å². The van der Waals surface area contributed by atoms with Crippen molar-refractivity contribution in [3.8, 4) is 0 Å². The van der Waals surface area contributed by atoms with Gasteiger partial charge in [0, 0.05) is 12.0 Å². The Morgan fingerprint density at radius 1 is 1.05 bits per heavy atom. The van der Waals surface area contributed by atoms with Crippen molar-refractivity contribution >= 4 is 9.84 Å². The highest BCUT2D eigenvalue weighted by molar-refractivity contribution is 7.91. The Balaban J connectivity index is 3.13. The van der Waals surface area contributed by atoms with Gasteiger partial charge in [0.15, 0.2) is 0 Å². The van der Waals surface area contributed by atoms with Crippen molar-refractivity contribution < 1.29 is 17.2 Å². The first kappa shape index (κ1) is 17.0. The number of likely N-dealkylation sites (N-methyl/N-ethyl adjacent to an activating group) is 1. The van der Waals surface area contributed by atoms with Crippen LogP contribution in [0.15, 0.2) is 29.2 Å². The van der Waals surface area contributed by atoms with Crippen LogP contribution >= 0.6 is 0 Å². The summed E-state index contributed by atoms with van der Waals surface area (Å²) in [5, 5.41) is 3.17. The van der Waals surface area contributed by atoms with Crippen molar-refractivity contribution in [2.75, 3.05) is 7.05 Å². The van der Waals surface area contributed by atoms with E-state index < -0.39 is 15.6 Å². The second-order valence-corrected chi connectivity index (χ2v) is 7.14. The van der Waals surface area contributed by atoms with Gasteiger partial charge in [-0.15, -0.1) is 0 Å². The smallest absolute Gasteiger partial charge is 0.317 e. The van der Waals surface area contributed by atoms with Crippen LogP contribution in [-0.2, 0) is 9.84 Å². The van der Waals surface area contributed by atoms with Crippen molar-refractivity contribution in [2.24, 2.45) is 5.92 Å². The molecule has 1 rings (SSSR count). The first-order valence-corrected chi connectivity index (χ1v) is 8.05. The third-order valence-corrected chi connectivity index (χ3v) is 4.94. The van der Waals surface area contributed by atoms with Gasteiger partial charge in [0.1, 0.15) is 0 Å². The van der Waals surface area contributed by atoms with Crippen molar-refractivity contribution in [2.45, 2.75) is 43.4 Å². The molecule has 0 aliphatic heterocycles. The van der Waals surface area contributed by atoms with Gasteiger partial charge in [0.05, 0.1) is 4.90 Å². The highest BCUT2D eigenvalue weighted by Crippen LogP contribution is 2.29. The van der Waals surface area contributed by atoms with Crippen LogP contribution < -0.4 is 5.32 Å². The Morgan fingerprint density at radius 2 is 1.55 bits per heavy atom. The van der Waals surface area contributed by atoms with Crippen LogP contribution in [0.4, 0.5) is 8.78 Å². The van der Waals surface area contributed by atoms with E-state index in [2.05, 4.69) is 19.2 Å². The molecule has 1 aromatic carbocycles. The van der Waals surface area contributed by atoms with E-state index in [1.807, 2.05) is 14.0 Å². The molecule has 1 aromatic rings. The van der Waals surface area contributed by atoms with E-state index in [-0.39, 0.29) is 16.9 Å². The Kier molecular flexibility index (Phi) is 5.65. The molecule has 0 spiro atoms. The zero-order valence-electron chi connectivity index (χ0n) is 12.1. The fourth-order valence-electron chi connectivity index (χ4n) is 2.41. The summed E-state index contributed by atoms with van der Waals surface area (Å²) in [4.78, 5) is -0.337. The molecule has 0 saturated heterocycles. The SMILES string of the molecule is CNC(C)C(c1ccc(S(=O)(=O)C(F)F)cc1)C(C)C. The van der Waals surface area contributed by atoms with Crippen molar-refractivity contribution in [3.63, 3.8) is 0 Å². The summed E-state index contributed by atoms with van der Waals surface area (Å²) < 4.78 is 47.7. The van der Waals surface area contributed by atoms with E-state index in [1.54, 1.807) is 12.1 Å². The van der Waals surface area contributed by atoms with Crippen LogP contribution in [0.25, 0.3) is 0 Å². The summed E-state index contributed by atoms with van der Waals surface area (Å²) in [7, 11) is -2.66. The van der Waals surface area contributed by atoms with E-state index in [0.717, 1.165) is 5.56 Å². The molecule has 0 aromatic heterocycles. The highest BCUT2D eigenvalue weighted by atomic mass is 32.2. The number of hydrogen-bond acceptors (Lipinski definition) is 3. The topological polar surface area (TPSA) is 46.2 Å². The Hall–Kier alpha value is -1.01. The van der Waals surface area contributed by atoms with Crippen LogP contribution in [-0.4, -0.2) is 27.3 Å². The molecule has 2 unspecified atom stereocenters. The Bertz CT molecular complexity index is 527. The number of alkyl halides is 2. The maximum atomic E-state index is 12.5. The summed E-state index contributed by atoms with van der Waals surface area (Å²) in [6.07, 6.45) is 0. The molecule has 0 heterocycles. The lowest BCUT2D eigenvalue weighted by Crippen LogP contribution is -2.31. The molecule has 114 valence electrons. The largest absolute Gasteiger partial charge is 0.341 e. The van der Waals surface area contributed by atoms with E-state index in [1.165, 1.54) is 12.1 Å². The van der Waals surface area contributed by atoms with Gasteiger partial charge in [0.25, 0.3) is 0 Å². The van der Waals surface area contributed by atoms with E-state index in [4.69, 9.17) is 0 Å². The van der Waals surface area contributed by atoms with Crippen LogP contribution in [0.2, 0.25) is 0 Å². The normalized spacial score (nSPS) is 15.6. The van der Waals surface area contributed by atoms with Gasteiger partial charge in [-0.25, -0.2) is 8.42 Å². The number of hydrogen-bond donors (Lipinski definition) is 1. The lowest BCUT2D eigenvalue weighted by atomic mass is 9.83.